The number of piperidine rings is 1. The van der Waals surface area contributed by atoms with E-state index in [9.17, 15) is 4.79 Å². The summed E-state index contributed by atoms with van der Waals surface area (Å²) in [5, 5.41) is 4.03. The van der Waals surface area contributed by atoms with E-state index in [1.807, 2.05) is 17.0 Å². The fraction of sp³-hybridized carbons (Fsp3) is 0.526. The maximum atomic E-state index is 12.3. The number of aromatic nitrogens is 2. The molecule has 1 saturated heterocycles. The fourth-order valence-corrected chi connectivity index (χ4v) is 3.01. The predicted molar refractivity (Wildman–Crippen MR) is 103 cm³/mol. The van der Waals surface area contributed by atoms with Gasteiger partial charge in [0, 0.05) is 37.5 Å². The van der Waals surface area contributed by atoms with Gasteiger partial charge in [0.25, 0.3) is 0 Å². The van der Waals surface area contributed by atoms with Crippen LogP contribution in [0.3, 0.4) is 0 Å². The Bertz CT molecular complexity index is 707. The highest BCUT2D eigenvalue weighted by atomic mass is 35.5. The molecule has 1 fully saturated rings. The van der Waals surface area contributed by atoms with Crippen LogP contribution in [-0.2, 0) is 11.2 Å². The number of amides is 1. The van der Waals surface area contributed by atoms with E-state index in [0.717, 1.165) is 31.5 Å². The van der Waals surface area contributed by atoms with E-state index >= 15 is 0 Å². The summed E-state index contributed by atoms with van der Waals surface area (Å²) in [6.07, 6.45) is 2.62. The van der Waals surface area contributed by atoms with Gasteiger partial charge in [-0.25, -0.2) is 0 Å². The number of halogens is 1. The molecule has 2 heterocycles. The van der Waals surface area contributed by atoms with E-state index in [1.165, 1.54) is 5.56 Å². The van der Waals surface area contributed by atoms with Crippen molar-refractivity contribution in [1.29, 1.82) is 0 Å². The van der Waals surface area contributed by atoms with Gasteiger partial charge in [-0.1, -0.05) is 43.3 Å². The lowest BCUT2D eigenvalue weighted by Crippen LogP contribution is -2.42. The smallest absolute Gasteiger partial charge is 0.227 e. The highest BCUT2D eigenvalue weighted by Crippen LogP contribution is 2.21. The molecule has 0 unspecified atom stereocenters. The molecule has 2 aromatic rings. The second-order valence-corrected chi connectivity index (χ2v) is 7.01. The van der Waals surface area contributed by atoms with Crippen LogP contribution in [0, 0.1) is 0 Å². The number of nitrogens with two attached hydrogens (primary N) is 1. The molecule has 1 aromatic carbocycles. The highest BCUT2D eigenvalue weighted by molar-refractivity contribution is 5.85. The maximum Gasteiger partial charge on any atom is 0.227 e. The van der Waals surface area contributed by atoms with Crippen molar-refractivity contribution >= 4 is 18.3 Å². The molecule has 142 valence electrons. The van der Waals surface area contributed by atoms with Crippen LogP contribution in [-0.4, -0.2) is 40.1 Å². The number of rotatable bonds is 5. The monoisotopic (exact) mass is 378 g/mol. The lowest BCUT2D eigenvalue weighted by molar-refractivity contribution is -0.132. The largest absolute Gasteiger partial charge is 0.343 e. The average molecular weight is 379 g/mol. The number of carbonyl (C=O) groups is 1. The summed E-state index contributed by atoms with van der Waals surface area (Å²) in [6.45, 7) is 5.82. The van der Waals surface area contributed by atoms with Crippen molar-refractivity contribution in [3.8, 4) is 11.4 Å². The first kappa shape index (κ1) is 20.4. The molecule has 3 rings (SSSR count). The Balaban J connectivity index is 0.00000243. The number of likely N-dealkylation sites (tertiary alicyclic amines) is 1. The molecule has 26 heavy (non-hydrogen) atoms. The number of hydrogen-bond donors (Lipinski definition) is 1. The molecule has 0 radical (unpaired) electrons. The van der Waals surface area contributed by atoms with Crippen molar-refractivity contribution in [3.63, 3.8) is 0 Å². The van der Waals surface area contributed by atoms with Crippen molar-refractivity contribution in [3.05, 3.63) is 35.7 Å². The first-order valence-corrected chi connectivity index (χ1v) is 8.99. The lowest BCUT2D eigenvalue weighted by atomic mass is 10.0. The minimum atomic E-state index is 0. The Labute approximate surface area is 160 Å². The van der Waals surface area contributed by atoms with Crippen molar-refractivity contribution in [2.75, 3.05) is 13.1 Å². The van der Waals surface area contributed by atoms with E-state index in [2.05, 4.69) is 36.1 Å². The molecular weight excluding hydrogens is 352 g/mol. The van der Waals surface area contributed by atoms with Gasteiger partial charge in [-0.05, 0) is 24.3 Å². The molecule has 0 spiro atoms. The zero-order valence-corrected chi connectivity index (χ0v) is 16.2. The van der Waals surface area contributed by atoms with Gasteiger partial charge < -0.3 is 15.2 Å². The summed E-state index contributed by atoms with van der Waals surface area (Å²) >= 11 is 0. The predicted octanol–water partition coefficient (Wildman–Crippen LogP) is 3.16. The van der Waals surface area contributed by atoms with E-state index in [0.29, 0.717) is 30.5 Å². The molecule has 1 aromatic heterocycles. The van der Waals surface area contributed by atoms with Gasteiger partial charge in [0.05, 0.1) is 0 Å². The lowest BCUT2D eigenvalue weighted by Gasteiger charge is -2.30. The zero-order chi connectivity index (χ0) is 17.8. The number of benzene rings is 1. The zero-order valence-electron chi connectivity index (χ0n) is 15.4. The molecule has 1 amide bonds. The van der Waals surface area contributed by atoms with Crippen LogP contribution in [0.15, 0.2) is 28.8 Å². The molecule has 0 atom stereocenters. The summed E-state index contributed by atoms with van der Waals surface area (Å²) in [4.78, 5) is 18.5. The summed E-state index contributed by atoms with van der Waals surface area (Å²) < 4.78 is 5.30. The van der Waals surface area contributed by atoms with Gasteiger partial charge in [0.1, 0.15) is 0 Å². The first-order valence-electron chi connectivity index (χ1n) is 8.99. The Morgan fingerprint density at radius 3 is 2.54 bits per heavy atom. The van der Waals surface area contributed by atoms with Gasteiger partial charge in [-0.2, -0.15) is 4.98 Å². The number of hydrogen-bond acceptors (Lipinski definition) is 5. The quantitative estimate of drug-likeness (QED) is 0.863. The first-order chi connectivity index (χ1) is 12.0. The molecule has 0 aliphatic carbocycles. The minimum Gasteiger partial charge on any atom is -0.343 e. The Morgan fingerprint density at radius 2 is 1.92 bits per heavy atom. The summed E-state index contributed by atoms with van der Waals surface area (Å²) in [7, 11) is 0. The fourth-order valence-electron chi connectivity index (χ4n) is 3.01. The molecule has 0 saturated carbocycles. The van der Waals surface area contributed by atoms with Crippen LogP contribution >= 0.6 is 12.4 Å². The summed E-state index contributed by atoms with van der Waals surface area (Å²) in [6, 6.07) is 8.41. The van der Waals surface area contributed by atoms with E-state index in [-0.39, 0.29) is 24.4 Å². The SMILES string of the molecule is CC(C)c1ccc(-c2noc(CCC(=O)N3CCC(N)CC3)n2)cc1.Cl. The number of carbonyl (C=O) groups excluding carboxylic acids is 1. The van der Waals surface area contributed by atoms with Crippen LogP contribution in [0.1, 0.15) is 50.5 Å². The van der Waals surface area contributed by atoms with Crippen molar-refractivity contribution < 1.29 is 9.32 Å². The van der Waals surface area contributed by atoms with Crippen LogP contribution in [0.5, 0.6) is 0 Å². The minimum absolute atomic E-state index is 0. The van der Waals surface area contributed by atoms with Crippen LogP contribution in [0.25, 0.3) is 11.4 Å². The maximum absolute atomic E-state index is 12.3. The molecule has 6 nitrogen and oxygen atoms in total. The van der Waals surface area contributed by atoms with Crippen LogP contribution < -0.4 is 5.73 Å². The third kappa shape index (κ3) is 5.05. The van der Waals surface area contributed by atoms with Crippen molar-refractivity contribution in [2.45, 2.75) is 51.5 Å². The van der Waals surface area contributed by atoms with Crippen LogP contribution in [0.4, 0.5) is 0 Å². The number of nitrogens with zero attached hydrogens (tertiary/aromatic N) is 3. The second-order valence-electron chi connectivity index (χ2n) is 7.01. The summed E-state index contributed by atoms with van der Waals surface area (Å²) in [5.74, 6) is 1.70. The average Bonchev–Trinajstić information content (AvgIpc) is 3.09. The van der Waals surface area contributed by atoms with Crippen LogP contribution in [0.2, 0.25) is 0 Å². The van der Waals surface area contributed by atoms with Crippen molar-refractivity contribution in [1.82, 2.24) is 15.0 Å². The second kappa shape index (κ2) is 9.14. The number of aryl methyl sites for hydroxylation is 1. The van der Waals surface area contributed by atoms with Gasteiger partial charge in [0.15, 0.2) is 0 Å². The normalized spacial score (nSPS) is 15.2. The van der Waals surface area contributed by atoms with E-state index in [1.54, 1.807) is 0 Å². The molecule has 2 N–H and O–H groups in total. The Morgan fingerprint density at radius 1 is 1.27 bits per heavy atom. The van der Waals surface area contributed by atoms with Gasteiger partial charge in [-0.15, -0.1) is 12.4 Å². The highest BCUT2D eigenvalue weighted by Gasteiger charge is 2.21. The molecule has 1 aliphatic heterocycles. The van der Waals surface area contributed by atoms with Crippen molar-refractivity contribution in [2.24, 2.45) is 5.73 Å². The van der Waals surface area contributed by atoms with Gasteiger partial charge in [-0.3, -0.25) is 4.79 Å². The third-order valence-electron chi connectivity index (χ3n) is 4.75. The van der Waals surface area contributed by atoms with E-state index in [4.69, 9.17) is 10.3 Å². The van der Waals surface area contributed by atoms with Gasteiger partial charge >= 0.3 is 0 Å². The molecule has 1 aliphatic rings. The molecular formula is C19H27ClN4O2. The third-order valence-corrected chi connectivity index (χ3v) is 4.75. The summed E-state index contributed by atoms with van der Waals surface area (Å²) in [5.41, 5.74) is 8.08. The van der Waals surface area contributed by atoms with E-state index < -0.39 is 0 Å². The molecule has 7 heteroatoms. The topological polar surface area (TPSA) is 85.2 Å². The Hall–Kier alpha value is -1.92. The molecule has 0 bridgehead atoms. The Kier molecular flexibility index (Phi) is 7.17. The van der Waals surface area contributed by atoms with Gasteiger partial charge in [0.2, 0.25) is 17.6 Å². The standard InChI is InChI=1S/C19H26N4O2.ClH/c1-13(2)14-3-5-15(6-4-14)19-21-17(25-22-19)7-8-18(24)23-11-9-16(20)10-12-23;/h3-6,13,16H,7-12,20H2,1-2H3;1H.